The van der Waals surface area contributed by atoms with Crippen LogP contribution < -0.4 is 9.62 Å². The fourth-order valence-electron chi connectivity index (χ4n) is 3.03. The molecule has 0 aliphatic rings. The maximum atomic E-state index is 12.4. The van der Waals surface area contributed by atoms with E-state index in [0.29, 0.717) is 5.69 Å². The van der Waals surface area contributed by atoms with Crippen molar-refractivity contribution in [3.8, 4) is 0 Å². The van der Waals surface area contributed by atoms with E-state index in [1.165, 1.54) is 0 Å². The number of hydrogen-bond donors (Lipinski definition) is 1. The molecule has 0 aliphatic carbocycles. The van der Waals surface area contributed by atoms with Crippen LogP contribution in [0.1, 0.15) is 46.6 Å². The van der Waals surface area contributed by atoms with Crippen molar-refractivity contribution in [2.75, 3.05) is 17.1 Å². The molecule has 1 rings (SSSR count). The highest BCUT2D eigenvalue weighted by atomic mass is 32.2. The molecule has 5 nitrogen and oxygen atoms in total. The first kappa shape index (κ1) is 20.5. The minimum atomic E-state index is -3.54. The van der Waals surface area contributed by atoms with Crippen LogP contribution in [0.2, 0.25) is 0 Å². The van der Waals surface area contributed by atoms with Gasteiger partial charge in [0.1, 0.15) is 6.54 Å². The summed E-state index contributed by atoms with van der Waals surface area (Å²) < 4.78 is 25.3. The number of hydrogen-bond acceptors (Lipinski definition) is 3. The lowest BCUT2D eigenvalue weighted by Crippen LogP contribution is -2.50. The maximum Gasteiger partial charge on any atom is 0.241 e. The van der Waals surface area contributed by atoms with Gasteiger partial charge in [0, 0.05) is 5.54 Å². The van der Waals surface area contributed by atoms with E-state index < -0.39 is 15.6 Å². The fourth-order valence-corrected chi connectivity index (χ4v) is 3.88. The Kier molecular flexibility index (Phi) is 6.09. The highest BCUT2D eigenvalue weighted by Crippen LogP contribution is 2.27. The number of nitrogens with zero attached hydrogens (tertiary/aromatic N) is 1. The van der Waals surface area contributed by atoms with Gasteiger partial charge in [0.25, 0.3) is 0 Å². The van der Waals surface area contributed by atoms with Crippen molar-refractivity contribution in [3.63, 3.8) is 0 Å². The highest BCUT2D eigenvalue weighted by Gasteiger charge is 2.29. The van der Waals surface area contributed by atoms with Crippen LogP contribution in [0.15, 0.2) is 24.3 Å². The molecule has 0 unspecified atom stereocenters. The molecule has 0 saturated carbocycles. The fraction of sp³-hybridized carbons (Fsp3) is 0.611. The molecule has 0 fully saturated rings. The first-order valence-corrected chi connectivity index (χ1v) is 9.90. The number of nitrogens with one attached hydrogen (secondary N) is 1. The number of anilines is 1. The summed E-state index contributed by atoms with van der Waals surface area (Å²) in [6.45, 7) is 11.9. The number of sulfonamides is 1. The van der Waals surface area contributed by atoms with E-state index >= 15 is 0 Å². The second-order valence-corrected chi connectivity index (χ2v) is 10.2. The van der Waals surface area contributed by atoms with Crippen LogP contribution in [0.25, 0.3) is 0 Å². The van der Waals surface area contributed by atoms with Crippen molar-refractivity contribution in [3.05, 3.63) is 29.8 Å². The second kappa shape index (κ2) is 7.13. The number of carbonyl (C=O) groups is 1. The first-order valence-electron chi connectivity index (χ1n) is 8.05. The van der Waals surface area contributed by atoms with Gasteiger partial charge in [-0.3, -0.25) is 9.10 Å². The van der Waals surface area contributed by atoms with Gasteiger partial charge in [0.15, 0.2) is 0 Å². The van der Waals surface area contributed by atoms with E-state index in [0.717, 1.165) is 22.5 Å². The van der Waals surface area contributed by atoms with E-state index in [1.54, 1.807) is 12.1 Å². The Morgan fingerprint density at radius 3 is 2.00 bits per heavy atom. The predicted octanol–water partition coefficient (Wildman–Crippen LogP) is 3.09. The van der Waals surface area contributed by atoms with Gasteiger partial charge in [-0.2, -0.15) is 0 Å². The molecule has 136 valence electrons. The van der Waals surface area contributed by atoms with Gasteiger partial charge < -0.3 is 5.32 Å². The van der Waals surface area contributed by atoms with E-state index in [2.05, 4.69) is 26.1 Å². The van der Waals surface area contributed by atoms with Gasteiger partial charge in [-0.15, -0.1) is 0 Å². The van der Waals surface area contributed by atoms with Crippen molar-refractivity contribution < 1.29 is 13.2 Å². The largest absolute Gasteiger partial charge is 0.350 e. The van der Waals surface area contributed by atoms with E-state index in [-0.39, 0.29) is 17.9 Å². The zero-order valence-corrected chi connectivity index (χ0v) is 16.6. The van der Waals surface area contributed by atoms with E-state index in [4.69, 9.17) is 0 Å². The lowest BCUT2D eigenvalue weighted by Gasteiger charge is -2.34. The predicted molar refractivity (Wildman–Crippen MR) is 99.7 cm³/mol. The Morgan fingerprint density at radius 2 is 1.58 bits per heavy atom. The Morgan fingerprint density at radius 1 is 1.08 bits per heavy atom. The van der Waals surface area contributed by atoms with Gasteiger partial charge in [-0.25, -0.2) is 8.42 Å². The first-order chi connectivity index (χ1) is 10.7. The zero-order valence-electron chi connectivity index (χ0n) is 15.8. The topological polar surface area (TPSA) is 66.5 Å². The second-order valence-electron chi connectivity index (χ2n) is 8.27. The zero-order chi connectivity index (χ0) is 18.8. The summed E-state index contributed by atoms with van der Waals surface area (Å²) >= 11 is 0. The molecule has 0 saturated heterocycles. The summed E-state index contributed by atoms with van der Waals surface area (Å²) in [7, 11) is -3.54. The Labute approximate surface area is 146 Å². The molecule has 6 heteroatoms. The average Bonchev–Trinajstić information content (AvgIpc) is 2.32. The molecule has 0 aromatic heterocycles. The van der Waals surface area contributed by atoms with Crippen LogP contribution in [-0.2, 0) is 14.8 Å². The molecule has 1 aromatic carbocycles. The minimum Gasteiger partial charge on any atom is -0.350 e. The summed E-state index contributed by atoms with van der Waals surface area (Å²) in [5.74, 6) is -0.310. The molecule has 0 heterocycles. The molecular weight excluding hydrogens is 324 g/mol. The summed E-state index contributed by atoms with van der Waals surface area (Å²) in [5, 5.41) is 2.95. The number of aryl methyl sites for hydroxylation is 1. The maximum absolute atomic E-state index is 12.4. The molecule has 1 aromatic rings. The Bertz CT molecular complexity index is 671. The third kappa shape index (κ3) is 6.91. The van der Waals surface area contributed by atoms with Crippen LogP contribution in [0.5, 0.6) is 0 Å². The number of rotatable bonds is 6. The van der Waals surface area contributed by atoms with Gasteiger partial charge in [-0.1, -0.05) is 38.5 Å². The standard InChI is InChI=1S/C18H30N2O3S/c1-14-8-10-15(11-9-14)20(24(7,22)23)12-16(21)19-18(5,6)13-17(2,3)4/h8-11H,12-13H2,1-7H3,(H,19,21). The minimum absolute atomic E-state index is 0.0598. The molecule has 1 N–H and O–H groups in total. The smallest absolute Gasteiger partial charge is 0.241 e. The quantitative estimate of drug-likeness (QED) is 0.854. The molecule has 0 atom stereocenters. The lowest BCUT2D eigenvalue weighted by molar-refractivity contribution is -0.121. The van der Waals surface area contributed by atoms with Crippen molar-refractivity contribution in [1.29, 1.82) is 0 Å². The Balaban J connectivity index is 2.92. The van der Waals surface area contributed by atoms with E-state index in [1.807, 2.05) is 32.9 Å². The van der Waals surface area contributed by atoms with Gasteiger partial charge in [0.2, 0.25) is 15.9 Å². The van der Waals surface area contributed by atoms with Crippen LogP contribution in [0.4, 0.5) is 5.69 Å². The summed E-state index contributed by atoms with van der Waals surface area (Å²) in [4.78, 5) is 12.4. The number of carbonyl (C=O) groups excluding carboxylic acids is 1. The third-order valence-electron chi connectivity index (χ3n) is 3.46. The molecule has 0 radical (unpaired) electrons. The molecule has 24 heavy (non-hydrogen) atoms. The lowest BCUT2D eigenvalue weighted by atomic mass is 9.82. The van der Waals surface area contributed by atoms with Crippen LogP contribution in [0, 0.1) is 12.3 Å². The van der Waals surface area contributed by atoms with Crippen LogP contribution >= 0.6 is 0 Å². The van der Waals surface area contributed by atoms with Crippen LogP contribution in [-0.4, -0.2) is 32.7 Å². The van der Waals surface area contributed by atoms with Crippen molar-refractivity contribution in [2.45, 2.75) is 53.5 Å². The molecule has 0 bridgehead atoms. The summed E-state index contributed by atoms with van der Waals surface area (Å²) in [6, 6.07) is 7.08. The highest BCUT2D eigenvalue weighted by molar-refractivity contribution is 7.92. The average molecular weight is 355 g/mol. The third-order valence-corrected chi connectivity index (χ3v) is 4.60. The molecular formula is C18H30N2O3S. The Hall–Kier alpha value is -1.56. The number of benzene rings is 1. The molecule has 1 amide bonds. The van der Waals surface area contributed by atoms with Crippen LogP contribution in [0.3, 0.4) is 0 Å². The van der Waals surface area contributed by atoms with E-state index in [9.17, 15) is 13.2 Å². The number of amides is 1. The monoisotopic (exact) mass is 354 g/mol. The van der Waals surface area contributed by atoms with Crippen molar-refractivity contribution in [1.82, 2.24) is 5.32 Å². The van der Waals surface area contributed by atoms with Crippen molar-refractivity contribution in [2.24, 2.45) is 5.41 Å². The van der Waals surface area contributed by atoms with Gasteiger partial charge in [-0.05, 0) is 44.7 Å². The SMILES string of the molecule is Cc1ccc(N(CC(=O)NC(C)(C)CC(C)(C)C)S(C)(=O)=O)cc1. The molecule has 0 spiro atoms. The summed E-state index contributed by atoms with van der Waals surface area (Å²) in [6.07, 6.45) is 1.90. The summed E-state index contributed by atoms with van der Waals surface area (Å²) in [5.41, 5.74) is 1.17. The van der Waals surface area contributed by atoms with Crippen molar-refractivity contribution >= 4 is 21.6 Å². The molecule has 0 aliphatic heterocycles. The van der Waals surface area contributed by atoms with Gasteiger partial charge >= 0.3 is 0 Å². The normalized spacial score (nSPS) is 12.8. The van der Waals surface area contributed by atoms with Gasteiger partial charge in [0.05, 0.1) is 11.9 Å².